The van der Waals surface area contributed by atoms with Crippen LogP contribution in [0, 0.1) is 47.3 Å². The van der Waals surface area contributed by atoms with E-state index in [4.69, 9.17) is 17.7 Å². The zero-order valence-electron chi connectivity index (χ0n) is 48.2. The summed E-state index contributed by atoms with van der Waals surface area (Å²) in [5, 5.41) is 31.3. The molecule has 0 bridgehead atoms. The van der Waals surface area contributed by atoms with Gasteiger partial charge in [-0.3, -0.25) is 0 Å². The summed E-state index contributed by atoms with van der Waals surface area (Å²) < 4.78 is 27.4. The molecule has 0 aliphatic rings. The number of hydrogen-bond donors (Lipinski definition) is 3. The zero-order valence-corrected chi connectivity index (χ0v) is 52.2. The number of carbonyl (C=O) groups is 1. The number of rotatable bonds is 24. The van der Waals surface area contributed by atoms with Crippen LogP contribution in [0.4, 0.5) is 0 Å². The third-order valence-electron chi connectivity index (χ3n) is 16.8. The van der Waals surface area contributed by atoms with Crippen molar-refractivity contribution in [3.05, 3.63) is 0 Å². The van der Waals surface area contributed by atoms with Crippen molar-refractivity contribution in [1.29, 1.82) is 0 Å². The first kappa shape index (κ1) is 66.3. The van der Waals surface area contributed by atoms with Crippen molar-refractivity contribution in [3.63, 3.8) is 0 Å². The third kappa shape index (κ3) is 19.9. The summed E-state index contributed by atoms with van der Waals surface area (Å²) in [5.74, 6) is 1.05. The first-order valence-corrected chi connectivity index (χ1v) is 36.9. The van der Waals surface area contributed by atoms with Gasteiger partial charge < -0.3 is 37.8 Å². The summed E-state index contributed by atoms with van der Waals surface area (Å²) in [6, 6.07) is 0. The highest BCUT2D eigenvalue weighted by Gasteiger charge is 2.47. The second-order valence-corrected chi connectivity index (χ2v) is 46.1. The first-order chi connectivity index (χ1) is 28.2. The lowest BCUT2D eigenvalue weighted by Crippen LogP contribution is -2.50. The van der Waals surface area contributed by atoms with Crippen molar-refractivity contribution < 1.29 is 37.8 Å². The summed E-state index contributed by atoms with van der Waals surface area (Å²) in [5.41, 5.74) is 0. The Kier molecular flexibility index (Phi) is 26.3. The molecule has 8 nitrogen and oxygen atoms in total. The van der Waals surface area contributed by atoms with E-state index in [-0.39, 0.29) is 98.5 Å². The van der Waals surface area contributed by atoms with Gasteiger partial charge in [-0.2, -0.15) is 0 Å². The van der Waals surface area contributed by atoms with Crippen LogP contribution in [-0.4, -0.2) is 98.1 Å². The van der Waals surface area contributed by atoms with Crippen LogP contribution < -0.4 is 0 Å². The van der Waals surface area contributed by atoms with Crippen LogP contribution in [0.25, 0.3) is 0 Å². The lowest BCUT2D eigenvalue weighted by Gasteiger charge is -2.45. The molecule has 0 rings (SSSR count). The lowest BCUT2D eigenvalue weighted by molar-refractivity contribution is -0.114. The van der Waals surface area contributed by atoms with Crippen molar-refractivity contribution in [3.8, 4) is 0 Å². The van der Waals surface area contributed by atoms with E-state index in [2.05, 4.69) is 184 Å². The molecule has 0 aliphatic heterocycles. The van der Waals surface area contributed by atoms with E-state index in [0.29, 0.717) is 0 Å². The SMILES string of the molecule is CC(O)C(C)C(O[Si](C)(C)C(C)(C)C)C(C)CC(C)C(O[Si](C)(C)C(C)(C)C)C(C)C=O.CC(O)C(C)C(O[Si](C)(C)C(C)(C)C)C(C)CC(C)C(O[Si](C)(C)C(C)(C)C)C(C)CO. The number of hydrogen-bond acceptors (Lipinski definition) is 8. The quantitative estimate of drug-likeness (QED) is 0.0647. The highest BCUT2D eigenvalue weighted by molar-refractivity contribution is 6.75. The molecular weight excluding hydrogens is 865 g/mol. The van der Waals surface area contributed by atoms with Crippen molar-refractivity contribution >= 4 is 39.6 Å². The molecule has 0 heterocycles. The highest BCUT2D eigenvalue weighted by atomic mass is 28.4. The van der Waals surface area contributed by atoms with Gasteiger partial charge in [-0.05, 0) is 123 Å². The number of carbonyl (C=O) groups excluding carboxylic acids is 1. The molecular formula is C52H114O8Si4. The molecule has 14 unspecified atom stereocenters. The fourth-order valence-corrected chi connectivity index (χ4v) is 13.5. The fourth-order valence-electron chi connectivity index (χ4n) is 7.53. The van der Waals surface area contributed by atoms with E-state index in [1.165, 1.54) is 0 Å². The van der Waals surface area contributed by atoms with Gasteiger partial charge in [-0.15, -0.1) is 0 Å². The van der Waals surface area contributed by atoms with Crippen LogP contribution in [0.1, 0.15) is 165 Å². The predicted molar refractivity (Wildman–Crippen MR) is 287 cm³/mol. The topological polar surface area (TPSA) is 115 Å². The molecule has 0 amide bonds. The Balaban J connectivity index is 0. The van der Waals surface area contributed by atoms with Gasteiger partial charge in [0, 0.05) is 30.3 Å². The standard InChI is InChI=1S/C26H58O4Si2.C26H56O4Si2/c2*1-18(23(20(3)17-27)29-31(12,13)25(6,7)8)16-19(2)24(21(4)22(5)28)30-32(14,15)26(9,10)11/h18-24,27-28H,16-17H2,1-15H3;17-24,28H,16H2,1-15H3. The third-order valence-corrected chi connectivity index (χ3v) is 34.7. The molecule has 0 spiro atoms. The van der Waals surface area contributed by atoms with Crippen LogP contribution in [0.15, 0.2) is 0 Å². The van der Waals surface area contributed by atoms with Crippen LogP contribution in [0.3, 0.4) is 0 Å². The number of aliphatic hydroxyl groups excluding tert-OH is 3. The van der Waals surface area contributed by atoms with Gasteiger partial charge in [0.1, 0.15) is 6.29 Å². The smallest absolute Gasteiger partial charge is 0.192 e. The van der Waals surface area contributed by atoms with Gasteiger partial charge in [-0.25, -0.2) is 0 Å². The van der Waals surface area contributed by atoms with Crippen LogP contribution in [-0.2, 0) is 22.5 Å². The van der Waals surface area contributed by atoms with Crippen LogP contribution in [0.5, 0.6) is 0 Å². The van der Waals surface area contributed by atoms with Gasteiger partial charge in [0.05, 0.1) is 36.6 Å². The molecule has 0 aromatic rings. The highest BCUT2D eigenvalue weighted by Crippen LogP contribution is 2.45. The Hall–Kier alpha value is 0.258. The molecule has 64 heavy (non-hydrogen) atoms. The van der Waals surface area contributed by atoms with Crippen molar-refractivity contribution in [2.24, 2.45) is 47.3 Å². The predicted octanol–water partition coefficient (Wildman–Crippen LogP) is 14.4. The van der Waals surface area contributed by atoms with Gasteiger partial charge in [0.25, 0.3) is 0 Å². The second-order valence-electron chi connectivity index (χ2n) is 27.1. The van der Waals surface area contributed by atoms with Crippen molar-refractivity contribution in [2.75, 3.05) is 6.61 Å². The van der Waals surface area contributed by atoms with Crippen molar-refractivity contribution in [1.82, 2.24) is 0 Å². The first-order valence-electron chi connectivity index (χ1n) is 25.3. The van der Waals surface area contributed by atoms with E-state index in [1.807, 2.05) is 20.8 Å². The van der Waals surface area contributed by atoms with Gasteiger partial charge >= 0.3 is 0 Å². The fraction of sp³-hybridized carbons (Fsp3) is 0.981. The normalized spacial score (nSPS) is 20.8. The molecule has 0 fully saturated rings. The molecule has 0 aliphatic carbocycles. The van der Waals surface area contributed by atoms with E-state index in [9.17, 15) is 20.1 Å². The summed E-state index contributed by atoms with van der Waals surface area (Å²) in [4.78, 5) is 11.8. The van der Waals surface area contributed by atoms with Crippen LogP contribution >= 0.6 is 0 Å². The summed E-state index contributed by atoms with van der Waals surface area (Å²) in [6.45, 7) is 66.5. The molecule has 0 aromatic heterocycles. The molecule has 0 radical (unpaired) electrons. The molecule has 386 valence electrons. The Bertz CT molecular complexity index is 1320. The van der Waals surface area contributed by atoms with Gasteiger partial charge in [0.15, 0.2) is 33.3 Å². The number of aliphatic hydroxyl groups is 3. The minimum Gasteiger partial charge on any atom is -0.413 e. The van der Waals surface area contributed by atoms with Gasteiger partial charge in [0.2, 0.25) is 0 Å². The minimum absolute atomic E-state index is 0.00343. The molecule has 12 heteroatoms. The molecule has 0 saturated heterocycles. The second kappa shape index (κ2) is 25.4. The van der Waals surface area contributed by atoms with E-state index in [0.717, 1.165) is 19.1 Å². The molecule has 14 atom stereocenters. The Morgan fingerprint density at radius 2 is 0.625 bits per heavy atom. The summed E-state index contributed by atoms with van der Waals surface area (Å²) in [6.07, 6.45) is 1.91. The van der Waals surface area contributed by atoms with Crippen molar-refractivity contribution in [2.45, 2.75) is 274 Å². The van der Waals surface area contributed by atoms with E-state index >= 15 is 0 Å². The number of aldehydes is 1. The minimum atomic E-state index is -2.01. The zero-order chi connectivity index (χ0) is 51.7. The molecule has 0 aromatic carbocycles. The molecule has 0 saturated carbocycles. The Morgan fingerprint density at radius 1 is 0.406 bits per heavy atom. The Labute approximate surface area is 403 Å². The van der Waals surface area contributed by atoms with E-state index < -0.39 is 45.5 Å². The largest absolute Gasteiger partial charge is 0.413 e. The Morgan fingerprint density at radius 3 is 0.844 bits per heavy atom. The average molecular weight is 980 g/mol. The maximum absolute atomic E-state index is 11.8. The van der Waals surface area contributed by atoms with Crippen LogP contribution in [0.2, 0.25) is 72.5 Å². The average Bonchev–Trinajstić information content (AvgIpc) is 3.10. The van der Waals surface area contributed by atoms with E-state index in [1.54, 1.807) is 0 Å². The summed E-state index contributed by atoms with van der Waals surface area (Å²) in [7, 11) is -7.97. The monoisotopic (exact) mass is 979 g/mol. The molecule has 3 N–H and O–H groups in total. The maximum Gasteiger partial charge on any atom is 0.192 e. The summed E-state index contributed by atoms with van der Waals surface area (Å²) >= 11 is 0. The lowest BCUT2D eigenvalue weighted by atomic mass is 9.81. The van der Waals surface area contributed by atoms with Gasteiger partial charge in [-0.1, -0.05) is 138 Å². The maximum atomic E-state index is 11.8.